The van der Waals surface area contributed by atoms with Crippen LogP contribution in [0.15, 0.2) is 60.7 Å². The molecule has 2 nitrogen and oxygen atoms in total. The van der Waals surface area contributed by atoms with E-state index in [0.29, 0.717) is 6.61 Å². The normalized spacial score (nSPS) is 12.5. The van der Waals surface area contributed by atoms with Crippen LogP contribution in [0.3, 0.4) is 0 Å². The summed E-state index contributed by atoms with van der Waals surface area (Å²) >= 11 is 0. The summed E-state index contributed by atoms with van der Waals surface area (Å²) in [4.78, 5) is 0. The van der Waals surface area contributed by atoms with Crippen LogP contribution >= 0.6 is 0 Å². The second-order valence-corrected chi connectivity index (χ2v) is 5.34. The molecule has 0 aliphatic rings. The molecule has 2 aromatic rings. The second-order valence-electron chi connectivity index (χ2n) is 5.34. The molecule has 116 valence electrons. The lowest BCUT2D eigenvalue weighted by molar-refractivity contribution is 0.0825. The maximum absolute atomic E-state index is 5.82. The van der Waals surface area contributed by atoms with Crippen LogP contribution in [0.5, 0.6) is 5.75 Å². The smallest absolute Gasteiger partial charge is 0.118 e. The van der Waals surface area contributed by atoms with Crippen molar-refractivity contribution >= 4 is 6.08 Å². The van der Waals surface area contributed by atoms with Crippen molar-refractivity contribution in [2.75, 3.05) is 13.7 Å². The minimum Gasteiger partial charge on any atom is -0.497 e. The van der Waals surface area contributed by atoms with E-state index < -0.39 is 0 Å². The van der Waals surface area contributed by atoms with Crippen LogP contribution in [0.25, 0.3) is 6.08 Å². The lowest BCUT2D eigenvalue weighted by Gasteiger charge is -2.11. The highest BCUT2D eigenvalue weighted by atomic mass is 16.5. The Labute approximate surface area is 133 Å². The van der Waals surface area contributed by atoms with E-state index in [1.807, 2.05) is 30.3 Å². The first-order chi connectivity index (χ1) is 10.8. The molecule has 0 aromatic heterocycles. The Morgan fingerprint density at radius 2 is 1.73 bits per heavy atom. The second kappa shape index (κ2) is 9.06. The molecule has 0 aliphatic carbocycles. The van der Waals surface area contributed by atoms with Gasteiger partial charge in [-0.05, 0) is 43.0 Å². The van der Waals surface area contributed by atoms with Crippen LogP contribution in [0.2, 0.25) is 0 Å². The van der Waals surface area contributed by atoms with Gasteiger partial charge in [0.1, 0.15) is 5.75 Å². The van der Waals surface area contributed by atoms with E-state index in [4.69, 9.17) is 9.47 Å². The third-order valence-electron chi connectivity index (χ3n) is 3.59. The summed E-state index contributed by atoms with van der Waals surface area (Å²) in [5.74, 6) is 0.878. The highest BCUT2D eigenvalue weighted by molar-refractivity contribution is 5.50. The largest absolute Gasteiger partial charge is 0.497 e. The van der Waals surface area contributed by atoms with Crippen molar-refractivity contribution in [3.63, 3.8) is 0 Å². The summed E-state index contributed by atoms with van der Waals surface area (Å²) in [7, 11) is 1.68. The molecular weight excluding hydrogens is 272 g/mol. The Hall–Kier alpha value is -2.06. The summed E-state index contributed by atoms with van der Waals surface area (Å²) < 4.78 is 11.0. The van der Waals surface area contributed by atoms with Gasteiger partial charge in [-0.1, -0.05) is 54.6 Å². The maximum Gasteiger partial charge on any atom is 0.118 e. The van der Waals surface area contributed by atoms with Gasteiger partial charge in [0.05, 0.1) is 19.8 Å². The zero-order valence-electron chi connectivity index (χ0n) is 13.4. The van der Waals surface area contributed by atoms with Gasteiger partial charge in [0.15, 0.2) is 0 Å². The number of rotatable bonds is 8. The van der Waals surface area contributed by atoms with E-state index in [1.54, 1.807) is 7.11 Å². The summed E-state index contributed by atoms with van der Waals surface area (Å²) in [6.45, 7) is 2.77. The first-order valence-corrected chi connectivity index (χ1v) is 7.74. The fourth-order valence-electron chi connectivity index (χ4n) is 2.22. The van der Waals surface area contributed by atoms with Crippen LogP contribution in [0.4, 0.5) is 0 Å². The summed E-state index contributed by atoms with van der Waals surface area (Å²) in [5, 5.41) is 0. The molecule has 0 saturated carbocycles. The molecule has 0 N–H and O–H groups in total. The molecule has 0 heterocycles. The third kappa shape index (κ3) is 5.74. The predicted octanol–water partition coefficient (Wildman–Crippen LogP) is 4.75. The molecular formula is C20H24O2. The molecule has 1 atom stereocenters. The Balaban J connectivity index is 1.67. The predicted molar refractivity (Wildman–Crippen MR) is 92.2 cm³/mol. The van der Waals surface area contributed by atoms with E-state index in [9.17, 15) is 0 Å². The zero-order chi connectivity index (χ0) is 15.6. The fraction of sp³-hybridized carbons (Fsp3) is 0.300. The van der Waals surface area contributed by atoms with Crippen molar-refractivity contribution in [1.82, 2.24) is 0 Å². The van der Waals surface area contributed by atoms with Gasteiger partial charge in [-0.3, -0.25) is 0 Å². The monoisotopic (exact) mass is 296 g/mol. The van der Waals surface area contributed by atoms with Crippen molar-refractivity contribution in [2.24, 2.45) is 0 Å². The fourth-order valence-corrected chi connectivity index (χ4v) is 2.22. The average molecular weight is 296 g/mol. The van der Waals surface area contributed by atoms with E-state index in [1.165, 1.54) is 5.56 Å². The van der Waals surface area contributed by atoms with Gasteiger partial charge in [-0.2, -0.15) is 0 Å². The Bertz CT molecular complexity index is 558. The van der Waals surface area contributed by atoms with Crippen LogP contribution in [0.1, 0.15) is 24.5 Å². The van der Waals surface area contributed by atoms with E-state index in [-0.39, 0.29) is 6.10 Å². The van der Waals surface area contributed by atoms with Crippen molar-refractivity contribution < 1.29 is 9.47 Å². The number of hydrogen-bond acceptors (Lipinski definition) is 2. The Kier molecular flexibility index (Phi) is 6.72. The number of hydrogen-bond donors (Lipinski definition) is 0. The van der Waals surface area contributed by atoms with Crippen molar-refractivity contribution in [1.29, 1.82) is 0 Å². The highest BCUT2D eigenvalue weighted by Crippen LogP contribution is 2.12. The third-order valence-corrected chi connectivity index (χ3v) is 3.59. The quantitative estimate of drug-likeness (QED) is 0.700. The molecule has 22 heavy (non-hydrogen) atoms. The van der Waals surface area contributed by atoms with Gasteiger partial charge in [0.25, 0.3) is 0 Å². The van der Waals surface area contributed by atoms with Crippen molar-refractivity contribution in [2.45, 2.75) is 25.9 Å². The van der Waals surface area contributed by atoms with E-state index in [2.05, 4.69) is 43.3 Å². The van der Waals surface area contributed by atoms with Gasteiger partial charge in [0, 0.05) is 0 Å². The molecule has 0 amide bonds. The molecule has 0 fully saturated rings. The topological polar surface area (TPSA) is 18.5 Å². The van der Waals surface area contributed by atoms with Gasteiger partial charge in [-0.25, -0.2) is 0 Å². The van der Waals surface area contributed by atoms with Crippen LogP contribution < -0.4 is 4.74 Å². The number of methoxy groups -OCH3 is 1. The molecule has 0 spiro atoms. The molecule has 0 bridgehead atoms. The molecule has 0 saturated heterocycles. The summed E-state index contributed by atoms with van der Waals surface area (Å²) in [6, 6.07) is 18.5. The van der Waals surface area contributed by atoms with Gasteiger partial charge < -0.3 is 9.47 Å². The van der Waals surface area contributed by atoms with Gasteiger partial charge in [0.2, 0.25) is 0 Å². The minimum atomic E-state index is 0.265. The first-order valence-electron chi connectivity index (χ1n) is 7.74. The summed E-state index contributed by atoms with van der Waals surface area (Å²) in [6.07, 6.45) is 6.50. The maximum atomic E-state index is 5.82. The molecule has 2 heteroatoms. The van der Waals surface area contributed by atoms with Crippen LogP contribution in [0, 0.1) is 0 Å². The Morgan fingerprint density at radius 1 is 1.00 bits per heavy atom. The molecule has 0 radical (unpaired) electrons. The molecule has 1 unspecified atom stereocenters. The van der Waals surface area contributed by atoms with Crippen molar-refractivity contribution in [3.05, 3.63) is 71.8 Å². The lowest BCUT2D eigenvalue weighted by Crippen LogP contribution is -2.09. The number of aryl methyl sites for hydroxylation is 1. The molecule has 2 rings (SSSR count). The van der Waals surface area contributed by atoms with Crippen molar-refractivity contribution in [3.8, 4) is 5.75 Å². The number of benzene rings is 2. The first kappa shape index (κ1) is 16.3. The molecule has 0 aliphatic heterocycles. The lowest BCUT2D eigenvalue weighted by atomic mass is 10.1. The zero-order valence-corrected chi connectivity index (χ0v) is 13.4. The van der Waals surface area contributed by atoms with E-state index in [0.717, 1.165) is 24.2 Å². The van der Waals surface area contributed by atoms with E-state index >= 15 is 0 Å². The van der Waals surface area contributed by atoms with Crippen LogP contribution in [-0.4, -0.2) is 19.8 Å². The minimum absolute atomic E-state index is 0.265. The number of ether oxygens (including phenoxy) is 2. The summed E-state index contributed by atoms with van der Waals surface area (Å²) in [5.41, 5.74) is 2.52. The van der Waals surface area contributed by atoms with Crippen LogP contribution in [-0.2, 0) is 11.2 Å². The standard InChI is InChI=1S/C20H24O2/c1-17(10-11-18-7-4-3-5-8-18)22-16-6-9-19-12-14-20(21-2)15-13-19/h3-9,12-15,17H,10-11,16H2,1-2H3/b9-6+. The Morgan fingerprint density at radius 3 is 2.41 bits per heavy atom. The average Bonchev–Trinajstić information content (AvgIpc) is 2.58. The van der Waals surface area contributed by atoms with Gasteiger partial charge >= 0.3 is 0 Å². The molecule has 2 aromatic carbocycles. The SMILES string of the molecule is COc1ccc(/C=C/COC(C)CCc2ccccc2)cc1. The van der Waals surface area contributed by atoms with Gasteiger partial charge in [-0.15, -0.1) is 0 Å². The highest BCUT2D eigenvalue weighted by Gasteiger charge is 2.01.